The third-order valence-corrected chi connectivity index (χ3v) is 4.87. The summed E-state index contributed by atoms with van der Waals surface area (Å²) in [5.74, 6) is -0.997. The molecule has 0 bridgehead atoms. The van der Waals surface area contributed by atoms with Gasteiger partial charge < -0.3 is 5.11 Å². The Morgan fingerprint density at radius 1 is 1.35 bits per heavy atom. The molecule has 2 aliphatic rings. The summed E-state index contributed by atoms with van der Waals surface area (Å²) >= 11 is 1.42. The third kappa shape index (κ3) is 2.67. The lowest BCUT2D eigenvalue weighted by Crippen LogP contribution is -2.21. The van der Waals surface area contributed by atoms with Gasteiger partial charge in [-0.3, -0.25) is 0 Å². The summed E-state index contributed by atoms with van der Waals surface area (Å²) in [5.41, 5.74) is 1.14. The number of alkyl halides is 3. The van der Waals surface area contributed by atoms with Crippen molar-refractivity contribution in [3.63, 3.8) is 0 Å². The zero-order chi connectivity index (χ0) is 14.3. The van der Waals surface area contributed by atoms with Gasteiger partial charge in [0.2, 0.25) is 0 Å². The van der Waals surface area contributed by atoms with Gasteiger partial charge in [0.05, 0.1) is 18.2 Å². The van der Waals surface area contributed by atoms with Crippen molar-refractivity contribution in [2.24, 2.45) is 5.92 Å². The van der Waals surface area contributed by atoms with Crippen molar-refractivity contribution in [2.75, 3.05) is 0 Å². The van der Waals surface area contributed by atoms with Crippen molar-refractivity contribution in [2.45, 2.75) is 38.0 Å². The minimum atomic E-state index is -4.22. The second-order valence-corrected chi connectivity index (χ2v) is 6.20. The van der Waals surface area contributed by atoms with Crippen LogP contribution in [-0.4, -0.2) is 16.3 Å². The molecule has 108 valence electrons. The predicted octanol–water partition coefficient (Wildman–Crippen LogP) is 4.03. The van der Waals surface area contributed by atoms with Crippen LogP contribution in [0.15, 0.2) is 18.2 Å². The van der Waals surface area contributed by atoms with Crippen LogP contribution in [0.1, 0.15) is 40.8 Å². The first kappa shape index (κ1) is 13.8. The van der Waals surface area contributed by atoms with Crippen LogP contribution in [0.3, 0.4) is 0 Å². The lowest BCUT2D eigenvalue weighted by molar-refractivity contribution is -0.160. The lowest BCUT2D eigenvalue weighted by Gasteiger charge is -2.18. The van der Waals surface area contributed by atoms with Crippen molar-refractivity contribution < 1.29 is 18.3 Å². The number of nitrogens with zero attached hydrogens (tertiary/aromatic N) is 1. The van der Waals surface area contributed by atoms with Gasteiger partial charge in [-0.05, 0) is 25.2 Å². The molecule has 0 saturated heterocycles. The van der Waals surface area contributed by atoms with Crippen molar-refractivity contribution in [1.82, 2.24) is 4.98 Å². The standard InChI is InChI=1S/C14H14F3NOS/c15-14(16,17)10-3-1-2-9(6-10)13-18-11(7-19)12(20-13)8-4-5-8/h1-2,6,8,10,19H,3-5,7H2. The number of halogens is 3. The van der Waals surface area contributed by atoms with Gasteiger partial charge in [-0.2, -0.15) is 13.2 Å². The molecule has 1 N–H and O–H groups in total. The SMILES string of the molecule is OCc1nc(C2=CC(C(F)(F)F)CC=C2)sc1C1CC1. The van der Waals surface area contributed by atoms with Crippen molar-refractivity contribution in [3.05, 3.63) is 33.8 Å². The fourth-order valence-electron chi connectivity index (χ4n) is 2.32. The smallest absolute Gasteiger partial charge is 0.390 e. The maximum absolute atomic E-state index is 12.8. The summed E-state index contributed by atoms with van der Waals surface area (Å²) in [5, 5.41) is 9.90. The molecule has 1 atom stereocenters. The number of hydrogen-bond acceptors (Lipinski definition) is 3. The van der Waals surface area contributed by atoms with Gasteiger partial charge in [-0.15, -0.1) is 11.3 Å². The quantitative estimate of drug-likeness (QED) is 0.914. The summed E-state index contributed by atoms with van der Waals surface area (Å²) in [6.07, 6.45) is 2.41. The van der Waals surface area contributed by atoms with Gasteiger partial charge in [-0.25, -0.2) is 4.98 Å². The number of aromatic nitrogens is 1. The fraction of sp³-hybridized carbons (Fsp3) is 0.500. The van der Waals surface area contributed by atoms with E-state index in [1.165, 1.54) is 17.4 Å². The molecule has 3 rings (SSSR count). The van der Waals surface area contributed by atoms with Crippen molar-refractivity contribution >= 4 is 16.9 Å². The maximum atomic E-state index is 12.8. The van der Waals surface area contributed by atoms with Crippen LogP contribution < -0.4 is 0 Å². The highest BCUT2D eigenvalue weighted by Gasteiger charge is 2.38. The number of thiazole rings is 1. The number of hydrogen-bond donors (Lipinski definition) is 1. The molecule has 2 aliphatic carbocycles. The zero-order valence-corrected chi connectivity index (χ0v) is 11.5. The normalized spacial score (nSPS) is 23.0. The van der Waals surface area contributed by atoms with E-state index in [4.69, 9.17) is 0 Å². The molecule has 0 radical (unpaired) electrons. The first-order chi connectivity index (χ1) is 9.49. The van der Waals surface area contributed by atoms with E-state index in [2.05, 4.69) is 4.98 Å². The molecule has 1 aromatic rings. The molecule has 6 heteroatoms. The van der Waals surface area contributed by atoms with E-state index < -0.39 is 12.1 Å². The van der Waals surface area contributed by atoms with Crippen LogP contribution in [-0.2, 0) is 6.61 Å². The Hall–Kier alpha value is -1.14. The van der Waals surface area contributed by atoms with E-state index in [1.807, 2.05) is 0 Å². The molecule has 20 heavy (non-hydrogen) atoms. The number of aliphatic hydroxyl groups is 1. The number of rotatable bonds is 3. The molecule has 1 heterocycles. The molecule has 0 spiro atoms. The Morgan fingerprint density at radius 2 is 2.10 bits per heavy atom. The van der Waals surface area contributed by atoms with E-state index >= 15 is 0 Å². The summed E-state index contributed by atoms with van der Waals surface area (Å²) in [6.45, 7) is -0.151. The van der Waals surface area contributed by atoms with E-state index in [0.717, 1.165) is 17.7 Å². The van der Waals surface area contributed by atoms with Crippen molar-refractivity contribution in [1.29, 1.82) is 0 Å². The molecule has 1 unspecified atom stereocenters. The molecule has 1 aromatic heterocycles. The Morgan fingerprint density at radius 3 is 2.70 bits per heavy atom. The number of aliphatic hydroxyl groups excluding tert-OH is 1. The van der Waals surface area contributed by atoms with Crippen LogP contribution in [0.4, 0.5) is 13.2 Å². The largest absolute Gasteiger partial charge is 0.395 e. The fourth-order valence-corrected chi connectivity index (χ4v) is 3.57. The lowest BCUT2D eigenvalue weighted by atomic mass is 9.96. The Labute approximate surface area is 118 Å². The molecule has 0 amide bonds. The van der Waals surface area contributed by atoms with Gasteiger partial charge >= 0.3 is 6.18 Å². The summed E-state index contributed by atoms with van der Waals surface area (Å²) in [7, 11) is 0. The topological polar surface area (TPSA) is 33.1 Å². The third-order valence-electron chi connectivity index (χ3n) is 3.56. The Balaban J connectivity index is 1.92. The molecule has 1 saturated carbocycles. The highest BCUT2D eigenvalue weighted by Crippen LogP contribution is 2.46. The van der Waals surface area contributed by atoms with Crippen LogP contribution in [0, 0.1) is 5.92 Å². The van der Waals surface area contributed by atoms with Gasteiger partial charge in [0.25, 0.3) is 0 Å². The molecular weight excluding hydrogens is 287 g/mol. The monoisotopic (exact) mass is 301 g/mol. The molecule has 0 aliphatic heterocycles. The van der Waals surface area contributed by atoms with E-state index in [0.29, 0.717) is 22.2 Å². The molecule has 1 fully saturated rings. The summed E-state index contributed by atoms with van der Waals surface area (Å²) in [4.78, 5) is 5.35. The van der Waals surface area contributed by atoms with Gasteiger partial charge in [0, 0.05) is 10.5 Å². The first-order valence-electron chi connectivity index (χ1n) is 6.55. The van der Waals surface area contributed by atoms with Crippen molar-refractivity contribution in [3.8, 4) is 0 Å². The van der Waals surface area contributed by atoms with Crippen LogP contribution in [0.25, 0.3) is 5.57 Å². The second kappa shape index (κ2) is 5.00. The maximum Gasteiger partial charge on any atom is 0.395 e. The minimum Gasteiger partial charge on any atom is -0.390 e. The number of allylic oxidation sites excluding steroid dienone is 4. The van der Waals surface area contributed by atoms with E-state index in [9.17, 15) is 18.3 Å². The average Bonchev–Trinajstić information content (AvgIpc) is 3.17. The Kier molecular flexibility index (Phi) is 3.46. The highest BCUT2D eigenvalue weighted by molar-refractivity contribution is 7.13. The molecular formula is C14H14F3NOS. The summed E-state index contributed by atoms with van der Waals surface area (Å²) < 4.78 is 38.4. The zero-order valence-electron chi connectivity index (χ0n) is 10.7. The molecule has 2 nitrogen and oxygen atoms in total. The Bertz CT molecular complexity index is 569. The highest BCUT2D eigenvalue weighted by atomic mass is 32.1. The van der Waals surface area contributed by atoms with E-state index in [-0.39, 0.29) is 13.0 Å². The first-order valence-corrected chi connectivity index (χ1v) is 7.36. The van der Waals surface area contributed by atoms with Gasteiger partial charge in [-0.1, -0.05) is 18.2 Å². The van der Waals surface area contributed by atoms with Crippen LogP contribution in [0.5, 0.6) is 0 Å². The predicted molar refractivity (Wildman–Crippen MR) is 71.3 cm³/mol. The average molecular weight is 301 g/mol. The van der Waals surface area contributed by atoms with Gasteiger partial charge in [0.15, 0.2) is 0 Å². The van der Waals surface area contributed by atoms with Crippen LogP contribution >= 0.6 is 11.3 Å². The van der Waals surface area contributed by atoms with Crippen LogP contribution in [0.2, 0.25) is 0 Å². The van der Waals surface area contributed by atoms with E-state index in [1.54, 1.807) is 12.2 Å². The van der Waals surface area contributed by atoms with Gasteiger partial charge in [0.1, 0.15) is 5.01 Å². The summed E-state index contributed by atoms with van der Waals surface area (Å²) in [6, 6.07) is 0. The second-order valence-electron chi connectivity index (χ2n) is 5.17. The minimum absolute atomic E-state index is 0.0132. The molecule has 0 aromatic carbocycles.